The van der Waals surface area contributed by atoms with Gasteiger partial charge in [0.05, 0.1) is 17.8 Å². The highest BCUT2D eigenvalue weighted by Gasteiger charge is 2.54. The zero-order valence-corrected chi connectivity index (χ0v) is 8.81. The minimum Gasteiger partial charge on any atom is -0.481 e. The third-order valence-electron chi connectivity index (χ3n) is 3.72. The fourth-order valence-corrected chi connectivity index (χ4v) is 3.00. The molecule has 5 atom stereocenters. The minimum absolute atomic E-state index is 0.206. The van der Waals surface area contributed by atoms with Crippen molar-refractivity contribution in [3.63, 3.8) is 0 Å². The number of aliphatic carboxylic acids is 3. The van der Waals surface area contributed by atoms with Gasteiger partial charge in [-0.15, -0.1) is 0 Å². The third-order valence-corrected chi connectivity index (χ3v) is 3.72. The lowest BCUT2D eigenvalue weighted by Crippen LogP contribution is -2.50. The van der Waals surface area contributed by atoms with Crippen LogP contribution in [0.3, 0.4) is 0 Å². The molecule has 1 fully saturated rings. The first-order valence-corrected chi connectivity index (χ1v) is 5.30. The largest absolute Gasteiger partial charge is 0.481 e. The van der Waals surface area contributed by atoms with Crippen LogP contribution in [0, 0.1) is 29.6 Å². The van der Waals surface area contributed by atoms with Crippen LogP contribution in [-0.4, -0.2) is 33.2 Å². The van der Waals surface area contributed by atoms with Gasteiger partial charge in [-0.05, 0) is 12.3 Å². The zero-order valence-electron chi connectivity index (χ0n) is 8.81. The van der Waals surface area contributed by atoms with Crippen molar-refractivity contribution in [1.29, 1.82) is 0 Å². The molecule has 3 N–H and O–H groups in total. The average molecular weight is 240 g/mol. The predicted octanol–water partition coefficient (Wildman–Crippen LogP) is 0.295. The molecule has 0 aromatic rings. The van der Waals surface area contributed by atoms with Crippen LogP contribution < -0.4 is 0 Å². The van der Waals surface area contributed by atoms with E-state index in [9.17, 15) is 14.4 Å². The highest BCUT2D eigenvalue weighted by atomic mass is 16.4. The third kappa shape index (κ3) is 1.69. The Morgan fingerprint density at radius 1 is 0.882 bits per heavy atom. The van der Waals surface area contributed by atoms with E-state index in [0.29, 0.717) is 0 Å². The number of fused-ring (bicyclic) bond motifs is 2. The summed E-state index contributed by atoms with van der Waals surface area (Å²) < 4.78 is 0. The number of allylic oxidation sites excluding steroid dienone is 2. The summed E-state index contributed by atoms with van der Waals surface area (Å²) in [4.78, 5) is 33.2. The summed E-state index contributed by atoms with van der Waals surface area (Å²) >= 11 is 0. The van der Waals surface area contributed by atoms with E-state index in [2.05, 4.69) is 0 Å². The molecule has 3 aliphatic carbocycles. The standard InChI is InChI=1S/C11H12O6/c12-9(13)6-3-4-1-2-5(6)8(11(16)17)7(4)10(14)15/h1-2,4-8H,3H2,(H,12,13)(H,14,15)(H,16,17). The molecule has 0 saturated heterocycles. The van der Waals surface area contributed by atoms with Crippen molar-refractivity contribution in [3.05, 3.63) is 12.2 Å². The smallest absolute Gasteiger partial charge is 0.308 e. The molecule has 6 heteroatoms. The first kappa shape index (κ1) is 11.6. The van der Waals surface area contributed by atoms with Crippen molar-refractivity contribution < 1.29 is 29.7 Å². The van der Waals surface area contributed by atoms with Crippen molar-refractivity contribution >= 4 is 17.9 Å². The molecule has 2 bridgehead atoms. The van der Waals surface area contributed by atoms with Gasteiger partial charge in [-0.2, -0.15) is 0 Å². The molecule has 0 spiro atoms. The number of hydrogen-bond acceptors (Lipinski definition) is 3. The number of carbonyl (C=O) groups is 3. The molecule has 0 aromatic heterocycles. The summed E-state index contributed by atoms with van der Waals surface area (Å²) in [6.07, 6.45) is 3.39. The van der Waals surface area contributed by atoms with E-state index >= 15 is 0 Å². The lowest BCUT2D eigenvalue weighted by atomic mass is 9.58. The van der Waals surface area contributed by atoms with Crippen LogP contribution in [0.4, 0.5) is 0 Å². The molecule has 0 heterocycles. The molecule has 5 unspecified atom stereocenters. The first-order valence-electron chi connectivity index (χ1n) is 5.30. The fourth-order valence-electron chi connectivity index (χ4n) is 3.00. The van der Waals surface area contributed by atoms with Gasteiger partial charge in [-0.3, -0.25) is 14.4 Å². The van der Waals surface area contributed by atoms with Gasteiger partial charge in [0, 0.05) is 5.92 Å². The van der Waals surface area contributed by atoms with E-state index < -0.39 is 47.5 Å². The Labute approximate surface area is 96.6 Å². The summed E-state index contributed by atoms with van der Waals surface area (Å²) in [6.45, 7) is 0. The number of hydrogen-bond donors (Lipinski definition) is 3. The lowest BCUT2D eigenvalue weighted by molar-refractivity contribution is -0.166. The SMILES string of the molecule is O=C(O)C1CC2C=CC1C(C(=O)O)C2C(=O)O. The maximum absolute atomic E-state index is 11.1. The molecular formula is C11H12O6. The first-order chi connectivity index (χ1) is 7.93. The van der Waals surface area contributed by atoms with Gasteiger partial charge in [0.2, 0.25) is 0 Å². The average Bonchev–Trinajstić information content (AvgIpc) is 2.27. The quantitative estimate of drug-likeness (QED) is 0.611. The maximum atomic E-state index is 11.1. The summed E-state index contributed by atoms with van der Waals surface area (Å²) in [7, 11) is 0. The topological polar surface area (TPSA) is 112 Å². The van der Waals surface area contributed by atoms with E-state index in [4.69, 9.17) is 15.3 Å². The zero-order chi connectivity index (χ0) is 12.7. The van der Waals surface area contributed by atoms with Crippen LogP contribution in [0.25, 0.3) is 0 Å². The van der Waals surface area contributed by atoms with E-state index in [-0.39, 0.29) is 6.42 Å². The molecule has 0 aromatic carbocycles. The Kier molecular flexibility index (Phi) is 2.65. The summed E-state index contributed by atoms with van der Waals surface area (Å²) in [5.74, 6) is -7.63. The molecule has 0 amide bonds. The van der Waals surface area contributed by atoms with E-state index in [1.165, 1.54) is 0 Å². The van der Waals surface area contributed by atoms with Crippen molar-refractivity contribution in [2.45, 2.75) is 6.42 Å². The molecule has 92 valence electrons. The summed E-state index contributed by atoms with van der Waals surface area (Å²) in [5, 5.41) is 27.2. The van der Waals surface area contributed by atoms with Crippen molar-refractivity contribution in [2.75, 3.05) is 0 Å². The van der Waals surface area contributed by atoms with Gasteiger partial charge in [-0.25, -0.2) is 0 Å². The molecule has 0 aliphatic heterocycles. The minimum atomic E-state index is -1.23. The molecule has 3 rings (SSSR count). The van der Waals surface area contributed by atoms with Crippen LogP contribution in [0.2, 0.25) is 0 Å². The van der Waals surface area contributed by atoms with E-state index in [0.717, 1.165) is 0 Å². The molecule has 6 nitrogen and oxygen atoms in total. The Morgan fingerprint density at radius 2 is 1.47 bits per heavy atom. The van der Waals surface area contributed by atoms with Crippen LogP contribution in [0.5, 0.6) is 0 Å². The molecule has 17 heavy (non-hydrogen) atoms. The lowest BCUT2D eigenvalue weighted by Gasteiger charge is -2.44. The number of carboxylic acids is 3. The fraction of sp³-hybridized carbons (Fsp3) is 0.545. The van der Waals surface area contributed by atoms with Crippen molar-refractivity contribution in [3.8, 4) is 0 Å². The van der Waals surface area contributed by atoms with Gasteiger partial charge in [0.15, 0.2) is 0 Å². The second kappa shape index (κ2) is 3.87. The molecular weight excluding hydrogens is 228 g/mol. The van der Waals surface area contributed by atoms with E-state index in [1.54, 1.807) is 12.2 Å². The number of rotatable bonds is 3. The highest BCUT2D eigenvalue weighted by molar-refractivity contribution is 5.83. The Bertz CT molecular complexity index is 412. The Balaban J connectivity index is 2.39. The second-order valence-electron chi connectivity index (χ2n) is 4.53. The monoisotopic (exact) mass is 240 g/mol. The van der Waals surface area contributed by atoms with Crippen molar-refractivity contribution in [1.82, 2.24) is 0 Å². The predicted molar refractivity (Wildman–Crippen MR) is 54.1 cm³/mol. The van der Waals surface area contributed by atoms with E-state index in [1.807, 2.05) is 0 Å². The summed E-state index contributed by atoms with van der Waals surface area (Å²) in [5.41, 5.74) is 0. The maximum Gasteiger partial charge on any atom is 0.308 e. The van der Waals surface area contributed by atoms with Gasteiger partial charge < -0.3 is 15.3 Å². The van der Waals surface area contributed by atoms with Gasteiger partial charge in [-0.1, -0.05) is 12.2 Å². The molecule has 0 radical (unpaired) electrons. The second-order valence-corrected chi connectivity index (χ2v) is 4.53. The molecule has 3 aliphatic rings. The summed E-state index contributed by atoms with van der Waals surface area (Å²) in [6, 6.07) is 0. The Morgan fingerprint density at radius 3 is 1.94 bits per heavy atom. The normalized spacial score (nSPS) is 38.9. The van der Waals surface area contributed by atoms with Crippen LogP contribution in [0.1, 0.15) is 6.42 Å². The van der Waals surface area contributed by atoms with Crippen LogP contribution >= 0.6 is 0 Å². The highest BCUT2D eigenvalue weighted by Crippen LogP contribution is 2.48. The van der Waals surface area contributed by atoms with Crippen LogP contribution in [0.15, 0.2) is 12.2 Å². The number of carboxylic acid groups (broad SMARTS) is 3. The van der Waals surface area contributed by atoms with Gasteiger partial charge in [0.25, 0.3) is 0 Å². The van der Waals surface area contributed by atoms with Gasteiger partial charge in [0.1, 0.15) is 0 Å². The molecule has 1 saturated carbocycles. The van der Waals surface area contributed by atoms with Crippen molar-refractivity contribution in [2.24, 2.45) is 29.6 Å². The Hall–Kier alpha value is -1.85. The van der Waals surface area contributed by atoms with Gasteiger partial charge >= 0.3 is 17.9 Å². The van der Waals surface area contributed by atoms with Crippen LogP contribution in [-0.2, 0) is 14.4 Å².